The largest absolute Gasteiger partial charge is 0.506 e. The zero-order chi connectivity index (χ0) is 11.7. The van der Waals surface area contributed by atoms with E-state index in [1.54, 1.807) is 12.1 Å². The molecule has 0 aliphatic carbocycles. The van der Waals surface area contributed by atoms with Crippen molar-refractivity contribution in [3.63, 3.8) is 0 Å². The van der Waals surface area contributed by atoms with Gasteiger partial charge in [0.05, 0.1) is 10.3 Å². The van der Waals surface area contributed by atoms with Crippen LogP contribution in [0.3, 0.4) is 0 Å². The summed E-state index contributed by atoms with van der Waals surface area (Å²) in [6.07, 6.45) is 0.419. The molecule has 2 N–H and O–H groups in total. The minimum atomic E-state index is -0.409. The highest BCUT2D eigenvalue weighted by Gasteiger charge is 2.31. The van der Waals surface area contributed by atoms with Crippen LogP contribution >= 0.6 is 23.4 Å². The number of halogens is 1. The summed E-state index contributed by atoms with van der Waals surface area (Å²) in [5.41, 5.74) is 0.810. The van der Waals surface area contributed by atoms with Crippen LogP contribution in [0.1, 0.15) is 5.56 Å². The number of rotatable bonds is 2. The summed E-state index contributed by atoms with van der Waals surface area (Å²) in [6.45, 7) is 0. The number of nitrogens with one attached hydrogen (secondary N) is 1. The standard InChI is InChI=1S/C10H8ClNO3S/c11-6-3-5(1-2-7(6)13)4-8-9(14)12-10(15)16-8/h1-3,8,13H,4H2,(H,12,14,15)/t8-/m0/s1. The molecule has 1 aromatic carbocycles. The Kier molecular flexibility index (Phi) is 3.07. The van der Waals surface area contributed by atoms with E-state index >= 15 is 0 Å². The van der Waals surface area contributed by atoms with Gasteiger partial charge in [0, 0.05) is 0 Å². The van der Waals surface area contributed by atoms with Crippen LogP contribution < -0.4 is 5.32 Å². The Labute approximate surface area is 101 Å². The first-order valence-corrected chi connectivity index (χ1v) is 5.81. The molecular weight excluding hydrogens is 250 g/mol. The van der Waals surface area contributed by atoms with E-state index in [1.165, 1.54) is 6.07 Å². The number of carbonyl (C=O) groups is 2. The summed E-state index contributed by atoms with van der Waals surface area (Å²) in [4.78, 5) is 22.2. The first-order chi connectivity index (χ1) is 7.56. The van der Waals surface area contributed by atoms with Gasteiger partial charge in [0.15, 0.2) is 0 Å². The number of benzene rings is 1. The molecule has 1 aliphatic rings. The maximum absolute atomic E-state index is 11.3. The molecule has 0 aromatic heterocycles. The topological polar surface area (TPSA) is 66.4 Å². The lowest BCUT2D eigenvalue weighted by molar-refractivity contribution is -0.118. The van der Waals surface area contributed by atoms with E-state index in [1.807, 2.05) is 0 Å². The van der Waals surface area contributed by atoms with Crippen molar-refractivity contribution in [1.29, 1.82) is 0 Å². The van der Waals surface area contributed by atoms with Gasteiger partial charge < -0.3 is 5.11 Å². The Morgan fingerprint density at radius 2 is 2.19 bits per heavy atom. The van der Waals surface area contributed by atoms with Crippen LogP contribution in [-0.2, 0) is 11.2 Å². The average molecular weight is 258 g/mol. The van der Waals surface area contributed by atoms with Crippen molar-refractivity contribution in [2.75, 3.05) is 0 Å². The van der Waals surface area contributed by atoms with Crippen molar-refractivity contribution in [2.45, 2.75) is 11.7 Å². The van der Waals surface area contributed by atoms with E-state index in [2.05, 4.69) is 5.32 Å². The van der Waals surface area contributed by atoms with Crippen molar-refractivity contribution >= 4 is 34.5 Å². The van der Waals surface area contributed by atoms with Crippen LogP contribution in [-0.4, -0.2) is 21.5 Å². The van der Waals surface area contributed by atoms with Gasteiger partial charge in [-0.1, -0.05) is 29.4 Å². The minimum Gasteiger partial charge on any atom is -0.506 e. The summed E-state index contributed by atoms with van der Waals surface area (Å²) in [7, 11) is 0. The first kappa shape index (κ1) is 11.3. The Hall–Kier alpha value is -1.20. The molecule has 0 saturated carbocycles. The van der Waals surface area contributed by atoms with Gasteiger partial charge in [-0.2, -0.15) is 0 Å². The lowest BCUT2D eigenvalue weighted by Gasteiger charge is -2.06. The van der Waals surface area contributed by atoms with Crippen LogP contribution in [0.5, 0.6) is 5.75 Å². The molecule has 4 nitrogen and oxygen atoms in total. The third-order valence-corrected chi connectivity index (χ3v) is 3.48. The van der Waals surface area contributed by atoms with E-state index in [0.29, 0.717) is 6.42 Å². The normalized spacial score (nSPS) is 19.9. The molecule has 6 heteroatoms. The summed E-state index contributed by atoms with van der Waals surface area (Å²) in [6, 6.07) is 4.74. The van der Waals surface area contributed by atoms with Crippen LogP contribution in [0.4, 0.5) is 4.79 Å². The fourth-order valence-electron chi connectivity index (χ4n) is 1.42. The van der Waals surface area contributed by atoms with Crippen LogP contribution in [0.25, 0.3) is 0 Å². The highest BCUT2D eigenvalue weighted by atomic mass is 35.5. The third-order valence-electron chi connectivity index (χ3n) is 2.20. The molecule has 1 atom stereocenters. The molecule has 0 bridgehead atoms. The quantitative estimate of drug-likeness (QED) is 0.850. The van der Waals surface area contributed by atoms with Crippen LogP contribution in [0, 0.1) is 0 Å². The lowest BCUT2D eigenvalue weighted by atomic mass is 10.1. The molecular formula is C10H8ClNO3S. The van der Waals surface area contributed by atoms with Crippen LogP contribution in [0.2, 0.25) is 5.02 Å². The van der Waals surface area contributed by atoms with E-state index < -0.39 is 5.25 Å². The molecule has 1 aromatic rings. The second kappa shape index (κ2) is 4.35. The fraction of sp³-hybridized carbons (Fsp3) is 0.200. The molecule has 1 heterocycles. The van der Waals surface area contributed by atoms with Gasteiger partial charge in [0.25, 0.3) is 5.24 Å². The monoisotopic (exact) mass is 257 g/mol. The lowest BCUT2D eigenvalue weighted by Crippen LogP contribution is -2.25. The van der Waals surface area contributed by atoms with Gasteiger partial charge in [-0.15, -0.1) is 0 Å². The highest BCUT2D eigenvalue weighted by molar-refractivity contribution is 8.15. The Bertz CT molecular complexity index is 463. The zero-order valence-electron chi connectivity index (χ0n) is 8.07. The predicted octanol–water partition coefficient (Wildman–Crippen LogP) is 1.94. The predicted molar refractivity (Wildman–Crippen MR) is 61.7 cm³/mol. The van der Waals surface area contributed by atoms with Gasteiger partial charge in [-0.25, -0.2) is 0 Å². The Balaban J connectivity index is 2.12. The van der Waals surface area contributed by atoms with Gasteiger partial charge in [-0.3, -0.25) is 14.9 Å². The molecule has 16 heavy (non-hydrogen) atoms. The fourth-order valence-corrected chi connectivity index (χ4v) is 2.48. The number of hydrogen-bond acceptors (Lipinski definition) is 4. The second-order valence-corrected chi connectivity index (χ2v) is 4.96. The average Bonchev–Trinajstić information content (AvgIpc) is 2.51. The molecule has 1 saturated heterocycles. The highest BCUT2D eigenvalue weighted by Crippen LogP contribution is 2.27. The summed E-state index contributed by atoms with van der Waals surface area (Å²) in [5.74, 6) is -0.274. The smallest absolute Gasteiger partial charge is 0.286 e. The Morgan fingerprint density at radius 1 is 1.44 bits per heavy atom. The molecule has 2 rings (SSSR count). The van der Waals surface area contributed by atoms with Crippen molar-refractivity contribution in [1.82, 2.24) is 5.32 Å². The van der Waals surface area contributed by atoms with Gasteiger partial charge in [0.2, 0.25) is 5.91 Å². The van der Waals surface area contributed by atoms with Crippen molar-refractivity contribution < 1.29 is 14.7 Å². The second-order valence-electron chi connectivity index (χ2n) is 3.37. The van der Waals surface area contributed by atoms with E-state index in [4.69, 9.17) is 11.6 Å². The molecule has 1 aliphatic heterocycles. The summed E-state index contributed by atoms with van der Waals surface area (Å²) in [5, 5.41) is 11.0. The molecule has 0 radical (unpaired) electrons. The van der Waals surface area contributed by atoms with Gasteiger partial charge in [-0.05, 0) is 24.1 Å². The van der Waals surface area contributed by atoms with Crippen LogP contribution in [0.15, 0.2) is 18.2 Å². The van der Waals surface area contributed by atoms with Crippen molar-refractivity contribution in [2.24, 2.45) is 0 Å². The van der Waals surface area contributed by atoms with E-state index in [0.717, 1.165) is 17.3 Å². The number of phenolic OH excluding ortho intramolecular Hbond substituents is 1. The zero-order valence-corrected chi connectivity index (χ0v) is 9.64. The van der Waals surface area contributed by atoms with Gasteiger partial charge >= 0.3 is 0 Å². The number of imide groups is 1. The molecule has 0 unspecified atom stereocenters. The molecule has 0 spiro atoms. The van der Waals surface area contributed by atoms with E-state index in [9.17, 15) is 14.7 Å². The number of amides is 2. The molecule has 84 valence electrons. The number of carbonyl (C=O) groups excluding carboxylic acids is 2. The van der Waals surface area contributed by atoms with E-state index in [-0.39, 0.29) is 21.9 Å². The maximum atomic E-state index is 11.3. The minimum absolute atomic E-state index is 0.00465. The SMILES string of the molecule is O=C1NC(=O)[C@H](Cc2ccc(O)c(Cl)c2)S1. The van der Waals surface area contributed by atoms with Crippen molar-refractivity contribution in [3.05, 3.63) is 28.8 Å². The molecule has 1 fully saturated rings. The van der Waals surface area contributed by atoms with Crippen molar-refractivity contribution in [3.8, 4) is 5.75 Å². The third kappa shape index (κ3) is 2.31. The van der Waals surface area contributed by atoms with Gasteiger partial charge in [0.1, 0.15) is 5.75 Å². The number of hydrogen-bond donors (Lipinski definition) is 2. The first-order valence-electron chi connectivity index (χ1n) is 4.55. The summed E-state index contributed by atoms with van der Waals surface area (Å²) < 4.78 is 0. The number of phenols is 1. The Morgan fingerprint density at radius 3 is 2.75 bits per heavy atom. The number of aromatic hydroxyl groups is 1. The molecule has 2 amide bonds. The maximum Gasteiger partial charge on any atom is 0.286 e. The summed E-state index contributed by atoms with van der Waals surface area (Å²) >= 11 is 6.71. The number of thioether (sulfide) groups is 1.